The molecule has 0 fully saturated rings. The van der Waals surface area contributed by atoms with E-state index in [0.717, 1.165) is 0 Å². The van der Waals surface area contributed by atoms with Crippen LogP contribution >= 0.6 is 0 Å². The Labute approximate surface area is 173 Å². The highest BCUT2D eigenvalue weighted by molar-refractivity contribution is 5.90. The molecule has 0 saturated heterocycles. The van der Waals surface area contributed by atoms with E-state index < -0.39 is 92.2 Å². The van der Waals surface area contributed by atoms with Gasteiger partial charge >= 0.3 is 35.8 Å². The molecule has 0 heterocycles. The number of rotatable bonds is 14. The molecule has 4 atom stereocenters. The van der Waals surface area contributed by atoms with Crippen molar-refractivity contribution in [3.05, 3.63) is 0 Å². The second-order valence-corrected chi connectivity index (χ2v) is 6.18. The van der Waals surface area contributed by atoms with E-state index in [0.29, 0.717) is 0 Å². The number of carboxylic acids is 3. The van der Waals surface area contributed by atoms with Gasteiger partial charge in [0.05, 0.1) is 12.8 Å². The van der Waals surface area contributed by atoms with Gasteiger partial charge in [-0.3, -0.25) is 24.0 Å². The van der Waals surface area contributed by atoms with E-state index in [9.17, 15) is 33.9 Å². The molecule has 16 heteroatoms. The lowest BCUT2D eigenvalue weighted by Gasteiger charge is -2.25. The third-order valence-corrected chi connectivity index (χ3v) is 3.45. The molecule has 0 aliphatic heterocycles. The Hall–Kier alpha value is -3.34. The molecule has 0 aromatic carbocycles. The summed E-state index contributed by atoms with van der Waals surface area (Å²) in [5.41, 5.74) is 12.5. The molecule has 0 aliphatic rings. The molecule has 0 aromatic heterocycles. The Bertz CT molecular complexity index is 672. The lowest BCUT2D eigenvalue weighted by Crippen LogP contribution is -2.47. The van der Waals surface area contributed by atoms with Gasteiger partial charge in [0.2, 0.25) is 0 Å². The van der Waals surface area contributed by atoms with Crippen molar-refractivity contribution < 1.29 is 63.4 Å². The van der Waals surface area contributed by atoms with Crippen LogP contribution in [0.2, 0.25) is 0 Å². The van der Waals surface area contributed by atoms with Gasteiger partial charge in [-0.05, 0) is 0 Å². The molecule has 0 radical (unpaired) electrons. The van der Waals surface area contributed by atoms with E-state index in [4.69, 9.17) is 32.5 Å². The van der Waals surface area contributed by atoms with Crippen molar-refractivity contribution in [2.45, 2.75) is 36.6 Å². The fourth-order valence-corrected chi connectivity index (χ4v) is 1.67. The molecule has 16 nitrogen and oxygen atoms in total. The minimum atomic E-state index is -2.95. The highest BCUT2D eigenvalue weighted by Crippen LogP contribution is 2.20. The fourth-order valence-electron chi connectivity index (χ4n) is 1.67. The van der Waals surface area contributed by atoms with Crippen LogP contribution in [0.4, 0.5) is 0 Å². The van der Waals surface area contributed by atoms with Crippen molar-refractivity contribution in [3.63, 3.8) is 0 Å². The summed E-state index contributed by atoms with van der Waals surface area (Å²) < 4.78 is 13.5. The lowest BCUT2D eigenvalue weighted by molar-refractivity contribution is -0.179. The van der Waals surface area contributed by atoms with Gasteiger partial charge in [-0.2, -0.15) is 0 Å². The van der Waals surface area contributed by atoms with Gasteiger partial charge in [0.15, 0.2) is 5.60 Å². The average molecular weight is 453 g/mol. The number of ether oxygens (including phenoxy) is 3. The number of aliphatic carboxylic acids is 3. The minimum Gasteiger partial charge on any atom is -0.480 e. The summed E-state index contributed by atoms with van der Waals surface area (Å²) in [7, 11) is 0. The SMILES string of the molecule is NC(COC(=O)CC(O)(CC(=O)OC[C@H](N)C(=O)O)C(=O)OCC(N)C(=O)O)C(=O)O. The molecule has 0 spiro atoms. The highest BCUT2D eigenvalue weighted by Gasteiger charge is 2.44. The van der Waals surface area contributed by atoms with E-state index in [1.807, 2.05) is 0 Å². The standard InChI is InChI=1S/C15H23N3O13/c16-6(11(21)22)3-29-9(19)1-15(28,14(27)31-5-8(18)13(25)26)2-10(20)30-4-7(17)12(23)24/h6-8,28H,1-5,16-18H2,(H,21,22)(H,23,24)(H,25,26)/t6-,7?,8?,15?/m0/s1. The smallest absolute Gasteiger partial charge is 0.339 e. The fraction of sp³-hybridized carbons (Fsp3) is 0.600. The van der Waals surface area contributed by atoms with Crippen LogP contribution in [-0.4, -0.2) is 99.8 Å². The van der Waals surface area contributed by atoms with Crippen LogP contribution < -0.4 is 17.2 Å². The summed E-state index contributed by atoms with van der Waals surface area (Å²) in [5, 5.41) is 36.4. The first-order chi connectivity index (χ1) is 14.2. The molecule has 0 rings (SSSR count). The number of aliphatic hydroxyl groups is 1. The Kier molecular flexibility index (Phi) is 11.0. The minimum absolute atomic E-state index is 0.832. The van der Waals surface area contributed by atoms with Gasteiger partial charge in [-0.25, -0.2) is 4.79 Å². The predicted molar refractivity (Wildman–Crippen MR) is 93.9 cm³/mol. The molecule has 0 amide bonds. The first kappa shape index (κ1) is 27.7. The number of carboxylic acid groups (broad SMARTS) is 3. The quantitative estimate of drug-likeness (QED) is 0.0960. The van der Waals surface area contributed by atoms with Crippen molar-refractivity contribution in [3.8, 4) is 0 Å². The van der Waals surface area contributed by atoms with Crippen LogP contribution in [0, 0.1) is 0 Å². The normalized spacial score (nSPS) is 15.5. The Morgan fingerprint density at radius 3 is 1.23 bits per heavy atom. The van der Waals surface area contributed by atoms with E-state index >= 15 is 0 Å². The van der Waals surface area contributed by atoms with Crippen molar-refractivity contribution >= 4 is 35.8 Å². The van der Waals surface area contributed by atoms with Gasteiger partial charge in [0.1, 0.15) is 37.9 Å². The summed E-state index contributed by atoms with van der Waals surface area (Å²) in [6.07, 6.45) is -2.50. The van der Waals surface area contributed by atoms with Crippen LogP contribution in [0.15, 0.2) is 0 Å². The lowest BCUT2D eigenvalue weighted by atomic mass is 9.95. The summed E-state index contributed by atoms with van der Waals surface area (Å²) >= 11 is 0. The maximum absolute atomic E-state index is 12.2. The van der Waals surface area contributed by atoms with Crippen molar-refractivity contribution in [1.29, 1.82) is 0 Å². The second kappa shape index (κ2) is 12.4. The van der Waals surface area contributed by atoms with Crippen LogP contribution in [0.1, 0.15) is 12.8 Å². The topological polar surface area (TPSA) is 289 Å². The van der Waals surface area contributed by atoms with Gasteiger partial charge in [-0.1, -0.05) is 0 Å². The van der Waals surface area contributed by atoms with Crippen LogP contribution in [0.5, 0.6) is 0 Å². The Morgan fingerprint density at radius 2 is 0.935 bits per heavy atom. The summed E-state index contributed by atoms with van der Waals surface area (Å²) in [6.45, 7) is -2.60. The number of hydrogen-bond acceptors (Lipinski definition) is 13. The van der Waals surface area contributed by atoms with E-state index in [1.54, 1.807) is 0 Å². The molecule has 3 unspecified atom stereocenters. The largest absolute Gasteiger partial charge is 0.480 e. The van der Waals surface area contributed by atoms with Gasteiger partial charge in [-0.15, -0.1) is 0 Å². The first-order valence-electron chi connectivity index (χ1n) is 8.35. The second-order valence-electron chi connectivity index (χ2n) is 6.18. The molecule has 0 bridgehead atoms. The zero-order chi connectivity index (χ0) is 24.4. The van der Waals surface area contributed by atoms with Gasteiger partial charge in [0, 0.05) is 0 Å². The zero-order valence-corrected chi connectivity index (χ0v) is 16.0. The number of carbonyl (C=O) groups excluding carboxylic acids is 3. The maximum Gasteiger partial charge on any atom is 0.339 e. The third-order valence-electron chi connectivity index (χ3n) is 3.45. The number of nitrogens with two attached hydrogens (primary N) is 3. The Balaban J connectivity index is 5.25. The highest BCUT2D eigenvalue weighted by atomic mass is 16.6. The number of carbonyl (C=O) groups is 6. The summed E-state index contributed by atoms with van der Waals surface area (Å²) in [5.74, 6) is -8.96. The zero-order valence-electron chi connectivity index (χ0n) is 16.0. The first-order valence-corrected chi connectivity index (χ1v) is 8.35. The number of hydrogen-bond donors (Lipinski definition) is 7. The number of esters is 3. The molecule has 0 aromatic rings. The van der Waals surface area contributed by atoms with E-state index in [1.165, 1.54) is 0 Å². The van der Waals surface area contributed by atoms with E-state index in [2.05, 4.69) is 14.2 Å². The van der Waals surface area contributed by atoms with Gasteiger partial charge in [0.25, 0.3) is 0 Å². The molecule has 176 valence electrons. The maximum atomic E-state index is 12.2. The monoisotopic (exact) mass is 453 g/mol. The third kappa shape index (κ3) is 10.3. The van der Waals surface area contributed by atoms with Crippen LogP contribution in [-0.2, 0) is 43.0 Å². The van der Waals surface area contributed by atoms with Crippen LogP contribution in [0.25, 0.3) is 0 Å². The van der Waals surface area contributed by atoms with Crippen molar-refractivity contribution in [2.24, 2.45) is 17.2 Å². The summed E-state index contributed by atoms with van der Waals surface area (Å²) in [6, 6.07) is -4.91. The molecular formula is C15H23N3O13. The molecule has 10 N–H and O–H groups in total. The molecule has 0 saturated carbocycles. The Morgan fingerprint density at radius 1 is 0.645 bits per heavy atom. The van der Waals surface area contributed by atoms with E-state index in [-0.39, 0.29) is 0 Å². The molecular weight excluding hydrogens is 430 g/mol. The predicted octanol–water partition coefficient (Wildman–Crippen LogP) is -4.64. The average Bonchev–Trinajstić information content (AvgIpc) is 2.67. The molecule has 0 aliphatic carbocycles. The van der Waals surface area contributed by atoms with Crippen LogP contribution in [0.3, 0.4) is 0 Å². The molecule has 31 heavy (non-hydrogen) atoms. The van der Waals surface area contributed by atoms with Crippen molar-refractivity contribution in [1.82, 2.24) is 0 Å². The summed E-state index contributed by atoms with van der Waals surface area (Å²) in [4.78, 5) is 67.8. The van der Waals surface area contributed by atoms with Crippen molar-refractivity contribution in [2.75, 3.05) is 19.8 Å². The van der Waals surface area contributed by atoms with Gasteiger partial charge < -0.3 is 51.8 Å².